The smallest absolute Gasteiger partial charge is 0.252 e. The van der Waals surface area contributed by atoms with Gasteiger partial charge in [0.15, 0.2) is 0 Å². The summed E-state index contributed by atoms with van der Waals surface area (Å²) in [6.45, 7) is 0.405. The second kappa shape index (κ2) is 6.21. The molecule has 108 valence electrons. The van der Waals surface area contributed by atoms with Gasteiger partial charge in [-0.1, -0.05) is 11.6 Å². The molecule has 7 heteroatoms. The number of β-amino-alcohol motifs (C(OH)–C–C–N with tert-alkyl or cyclic N) is 1. The molecule has 0 bridgehead atoms. The lowest BCUT2D eigenvalue weighted by molar-refractivity contribution is -0.117. The Morgan fingerprint density at radius 1 is 1.45 bits per heavy atom. The van der Waals surface area contributed by atoms with Gasteiger partial charge in [0.05, 0.1) is 22.7 Å². The van der Waals surface area contributed by atoms with E-state index in [2.05, 4.69) is 16.0 Å². The predicted octanol–water partition coefficient (Wildman–Crippen LogP) is 0.361. The Morgan fingerprint density at radius 2 is 2.20 bits per heavy atom. The molecule has 1 aromatic carbocycles. The molecule has 2 amide bonds. The SMILES string of the molecule is CNC(=O)c1cc(NC(=O)C2CC(O)CN2)ccc1Cl. The molecule has 0 spiro atoms. The highest BCUT2D eigenvalue weighted by atomic mass is 35.5. The lowest BCUT2D eigenvalue weighted by atomic mass is 10.1. The van der Waals surface area contributed by atoms with E-state index in [0.717, 1.165) is 0 Å². The molecule has 20 heavy (non-hydrogen) atoms. The van der Waals surface area contributed by atoms with Crippen LogP contribution in [0.5, 0.6) is 0 Å². The molecule has 1 aromatic rings. The number of anilines is 1. The summed E-state index contributed by atoms with van der Waals surface area (Å²) in [7, 11) is 1.51. The molecule has 0 aliphatic carbocycles. The summed E-state index contributed by atoms with van der Waals surface area (Å²) < 4.78 is 0. The Morgan fingerprint density at radius 3 is 2.80 bits per heavy atom. The fourth-order valence-electron chi connectivity index (χ4n) is 2.06. The van der Waals surface area contributed by atoms with Gasteiger partial charge in [0.1, 0.15) is 0 Å². The molecule has 6 nitrogen and oxygen atoms in total. The van der Waals surface area contributed by atoms with Crippen LogP contribution in [0.1, 0.15) is 16.8 Å². The first-order valence-electron chi connectivity index (χ1n) is 6.25. The number of carbonyl (C=O) groups is 2. The van der Waals surface area contributed by atoms with Crippen LogP contribution >= 0.6 is 11.6 Å². The molecule has 4 N–H and O–H groups in total. The maximum atomic E-state index is 12.0. The van der Waals surface area contributed by atoms with Crippen molar-refractivity contribution < 1.29 is 14.7 Å². The van der Waals surface area contributed by atoms with Crippen LogP contribution in [0.4, 0.5) is 5.69 Å². The molecule has 0 saturated carbocycles. The van der Waals surface area contributed by atoms with Gasteiger partial charge in [0.2, 0.25) is 5.91 Å². The Bertz CT molecular complexity index is 536. The van der Waals surface area contributed by atoms with Gasteiger partial charge in [-0.15, -0.1) is 0 Å². The van der Waals surface area contributed by atoms with Crippen molar-refractivity contribution in [1.29, 1.82) is 0 Å². The molecule has 2 rings (SSSR count). The number of rotatable bonds is 3. The zero-order chi connectivity index (χ0) is 14.7. The average Bonchev–Trinajstić information content (AvgIpc) is 2.87. The third kappa shape index (κ3) is 3.27. The summed E-state index contributed by atoms with van der Waals surface area (Å²) in [5.74, 6) is -0.563. The van der Waals surface area contributed by atoms with Crippen LogP contribution in [0.3, 0.4) is 0 Å². The van der Waals surface area contributed by atoms with Crippen LogP contribution in [0.15, 0.2) is 18.2 Å². The molecule has 1 saturated heterocycles. The standard InChI is InChI=1S/C13H16ClN3O3/c1-15-12(19)9-4-7(2-3-10(9)14)17-13(20)11-5-8(18)6-16-11/h2-4,8,11,16,18H,5-6H2,1H3,(H,15,19)(H,17,20). The van der Waals surface area contributed by atoms with Gasteiger partial charge in [-0.3, -0.25) is 9.59 Å². The Kier molecular flexibility index (Phi) is 4.59. The quantitative estimate of drug-likeness (QED) is 0.648. The minimum Gasteiger partial charge on any atom is -0.392 e. The number of nitrogens with one attached hydrogen (secondary N) is 3. The largest absolute Gasteiger partial charge is 0.392 e. The molecular formula is C13H16ClN3O3. The molecule has 0 radical (unpaired) electrons. The van der Waals surface area contributed by atoms with Crippen molar-refractivity contribution in [3.05, 3.63) is 28.8 Å². The zero-order valence-electron chi connectivity index (χ0n) is 10.9. The maximum Gasteiger partial charge on any atom is 0.252 e. The van der Waals surface area contributed by atoms with E-state index >= 15 is 0 Å². The van der Waals surface area contributed by atoms with Gasteiger partial charge < -0.3 is 21.1 Å². The number of aliphatic hydroxyl groups excluding tert-OH is 1. The zero-order valence-corrected chi connectivity index (χ0v) is 11.7. The number of benzene rings is 1. The minimum absolute atomic E-state index is 0.244. The monoisotopic (exact) mass is 297 g/mol. The number of hydrogen-bond acceptors (Lipinski definition) is 4. The fraction of sp³-hybridized carbons (Fsp3) is 0.385. The van der Waals surface area contributed by atoms with E-state index in [9.17, 15) is 14.7 Å². The number of halogens is 1. The van der Waals surface area contributed by atoms with Crippen molar-refractivity contribution >= 4 is 29.1 Å². The Hall–Kier alpha value is -1.63. The van der Waals surface area contributed by atoms with Crippen molar-refractivity contribution in [1.82, 2.24) is 10.6 Å². The number of hydrogen-bond donors (Lipinski definition) is 4. The van der Waals surface area contributed by atoms with Crippen LogP contribution in [0, 0.1) is 0 Å². The van der Waals surface area contributed by atoms with Gasteiger partial charge in [-0.05, 0) is 24.6 Å². The first-order chi connectivity index (χ1) is 9.51. The number of carbonyl (C=O) groups excluding carboxylic acids is 2. The van der Waals surface area contributed by atoms with Crippen LogP contribution in [-0.2, 0) is 4.79 Å². The van der Waals surface area contributed by atoms with E-state index in [1.54, 1.807) is 12.1 Å². The Balaban J connectivity index is 2.10. The van der Waals surface area contributed by atoms with E-state index in [0.29, 0.717) is 29.2 Å². The van der Waals surface area contributed by atoms with Gasteiger partial charge in [-0.25, -0.2) is 0 Å². The van der Waals surface area contributed by atoms with Gasteiger partial charge >= 0.3 is 0 Å². The van der Waals surface area contributed by atoms with E-state index in [-0.39, 0.29) is 11.8 Å². The van der Waals surface area contributed by atoms with Crippen LogP contribution < -0.4 is 16.0 Å². The summed E-state index contributed by atoms with van der Waals surface area (Å²) in [6.07, 6.45) is -0.126. The summed E-state index contributed by atoms with van der Waals surface area (Å²) in [4.78, 5) is 23.6. The second-order valence-electron chi connectivity index (χ2n) is 4.61. The first kappa shape index (κ1) is 14.8. The van der Waals surface area contributed by atoms with E-state index < -0.39 is 12.1 Å². The van der Waals surface area contributed by atoms with E-state index in [1.807, 2.05) is 0 Å². The highest BCUT2D eigenvalue weighted by Crippen LogP contribution is 2.21. The van der Waals surface area contributed by atoms with Gasteiger partial charge in [0, 0.05) is 19.3 Å². The fourth-order valence-corrected chi connectivity index (χ4v) is 2.26. The predicted molar refractivity (Wildman–Crippen MR) is 75.9 cm³/mol. The lowest BCUT2D eigenvalue weighted by Crippen LogP contribution is -2.35. The number of aliphatic hydroxyl groups is 1. The molecule has 2 atom stereocenters. The second-order valence-corrected chi connectivity index (χ2v) is 5.02. The minimum atomic E-state index is -0.502. The van der Waals surface area contributed by atoms with Crippen molar-refractivity contribution in [2.75, 3.05) is 18.9 Å². The number of amides is 2. The highest BCUT2D eigenvalue weighted by Gasteiger charge is 2.28. The Labute approximate surface area is 121 Å². The molecule has 1 aliphatic rings. The van der Waals surface area contributed by atoms with Gasteiger partial charge in [-0.2, -0.15) is 0 Å². The average molecular weight is 298 g/mol. The van der Waals surface area contributed by atoms with Crippen LogP contribution in [-0.4, -0.2) is 42.7 Å². The summed E-state index contributed by atoms with van der Waals surface area (Å²) in [6, 6.07) is 4.27. The van der Waals surface area contributed by atoms with Crippen LogP contribution in [0.25, 0.3) is 0 Å². The summed E-state index contributed by atoms with van der Waals surface area (Å²) >= 11 is 5.93. The third-order valence-corrected chi connectivity index (χ3v) is 3.46. The van der Waals surface area contributed by atoms with Crippen molar-refractivity contribution in [2.45, 2.75) is 18.6 Å². The molecular weight excluding hydrogens is 282 g/mol. The topological polar surface area (TPSA) is 90.5 Å². The highest BCUT2D eigenvalue weighted by molar-refractivity contribution is 6.34. The molecule has 2 unspecified atom stereocenters. The summed E-state index contributed by atoms with van der Waals surface area (Å²) in [5, 5.41) is 17.8. The van der Waals surface area contributed by atoms with Gasteiger partial charge in [0.25, 0.3) is 5.91 Å². The molecule has 1 fully saturated rings. The lowest BCUT2D eigenvalue weighted by Gasteiger charge is -2.12. The summed E-state index contributed by atoms with van der Waals surface area (Å²) in [5.41, 5.74) is 0.785. The first-order valence-corrected chi connectivity index (χ1v) is 6.63. The van der Waals surface area contributed by atoms with E-state index in [4.69, 9.17) is 11.6 Å². The normalized spacial score (nSPS) is 21.6. The third-order valence-electron chi connectivity index (χ3n) is 3.13. The van der Waals surface area contributed by atoms with Crippen molar-refractivity contribution in [3.63, 3.8) is 0 Å². The maximum absolute atomic E-state index is 12.0. The van der Waals surface area contributed by atoms with E-state index in [1.165, 1.54) is 13.1 Å². The van der Waals surface area contributed by atoms with Crippen LogP contribution in [0.2, 0.25) is 5.02 Å². The van der Waals surface area contributed by atoms with Crippen molar-refractivity contribution in [2.24, 2.45) is 0 Å². The molecule has 0 aromatic heterocycles. The van der Waals surface area contributed by atoms with Crippen molar-refractivity contribution in [3.8, 4) is 0 Å². The molecule has 1 heterocycles. The molecule has 1 aliphatic heterocycles.